The number of nitrogens with one attached hydrogen (secondary N) is 1. The summed E-state index contributed by atoms with van der Waals surface area (Å²) in [6.45, 7) is 0.516. The van der Waals surface area contributed by atoms with Crippen molar-refractivity contribution in [2.75, 3.05) is 6.54 Å². The monoisotopic (exact) mass is 241 g/mol. The molecule has 1 aromatic rings. The average Bonchev–Trinajstić information content (AvgIpc) is 2.69. The molecule has 5 nitrogen and oxygen atoms in total. The normalized spacial score (nSPS) is 12.1. The molecule has 1 aromatic heterocycles. The first-order valence-corrected chi connectivity index (χ1v) is 5.86. The van der Waals surface area contributed by atoms with Gasteiger partial charge in [-0.15, -0.1) is 0 Å². The lowest BCUT2D eigenvalue weighted by Gasteiger charge is -2.09. The van der Waals surface area contributed by atoms with E-state index in [-0.39, 0.29) is 12.3 Å². The quantitative estimate of drug-likeness (QED) is 0.632. The molecule has 6 heteroatoms. The van der Waals surface area contributed by atoms with Crippen LogP contribution in [0.3, 0.4) is 0 Å². The fourth-order valence-corrected chi connectivity index (χ4v) is 1.91. The Hall–Kier alpha value is -1.40. The summed E-state index contributed by atoms with van der Waals surface area (Å²) in [5.74, 6) is -0.908. The van der Waals surface area contributed by atoms with Crippen LogP contribution in [0, 0.1) is 0 Å². The zero-order valence-corrected chi connectivity index (χ0v) is 9.63. The topological polar surface area (TPSA) is 98.2 Å². The molecule has 0 aliphatic heterocycles. The highest BCUT2D eigenvalue weighted by Crippen LogP contribution is 2.05. The van der Waals surface area contributed by atoms with E-state index < -0.39 is 11.9 Å². The lowest BCUT2D eigenvalue weighted by Crippen LogP contribution is -2.43. The van der Waals surface area contributed by atoms with Crippen molar-refractivity contribution in [3.8, 4) is 0 Å². The molecule has 5 N–H and O–H groups in total. The van der Waals surface area contributed by atoms with Crippen molar-refractivity contribution in [1.29, 1.82) is 0 Å². The molecular weight excluding hydrogens is 226 g/mol. The summed E-state index contributed by atoms with van der Waals surface area (Å²) in [6, 6.07) is 1.15. The Morgan fingerprint density at radius 2 is 2.25 bits per heavy atom. The highest BCUT2D eigenvalue weighted by molar-refractivity contribution is 7.07. The highest BCUT2D eigenvalue weighted by Gasteiger charge is 2.14. The van der Waals surface area contributed by atoms with Crippen molar-refractivity contribution in [1.82, 2.24) is 5.32 Å². The van der Waals surface area contributed by atoms with E-state index in [1.54, 1.807) is 11.3 Å². The number of nitrogens with two attached hydrogens (primary N) is 2. The van der Waals surface area contributed by atoms with Gasteiger partial charge in [0, 0.05) is 6.54 Å². The Bertz CT molecular complexity index is 351. The van der Waals surface area contributed by atoms with Crippen molar-refractivity contribution < 1.29 is 9.59 Å². The van der Waals surface area contributed by atoms with Crippen LogP contribution in [0.25, 0.3) is 0 Å². The summed E-state index contributed by atoms with van der Waals surface area (Å²) < 4.78 is 0. The first-order chi connectivity index (χ1) is 7.59. The lowest BCUT2D eigenvalue weighted by molar-refractivity contribution is -0.126. The van der Waals surface area contributed by atoms with Gasteiger partial charge in [0.2, 0.25) is 11.8 Å². The molecule has 1 unspecified atom stereocenters. The summed E-state index contributed by atoms with van der Waals surface area (Å²) in [4.78, 5) is 21.9. The zero-order chi connectivity index (χ0) is 12.0. The van der Waals surface area contributed by atoms with Crippen LogP contribution in [0.15, 0.2) is 16.8 Å². The molecule has 0 fully saturated rings. The van der Waals surface area contributed by atoms with Crippen LogP contribution in [0.5, 0.6) is 0 Å². The van der Waals surface area contributed by atoms with E-state index in [2.05, 4.69) is 5.32 Å². The number of hydrogen-bond donors (Lipinski definition) is 3. The number of carbonyl (C=O) groups is 2. The largest absolute Gasteiger partial charge is 0.370 e. The predicted molar refractivity (Wildman–Crippen MR) is 62.8 cm³/mol. The minimum Gasteiger partial charge on any atom is -0.370 e. The standard InChI is InChI=1S/C10H15N3O2S/c11-8(5-9(12)14)10(15)13-3-1-7-2-4-16-6-7/h2,4,6,8H,1,3,5,11H2,(H2,12,14)(H,13,15). The third kappa shape index (κ3) is 4.41. The van der Waals surface area contributed by atoms with Gasteiger partial charge < -0.3 is 16.8 Å². The highest BCUT2D eigenvalue weighted by atomic mass is 32.1. The summed E-state index contributed by atoms with van der Waals surface area (Å²) in [5.41, 5.74) is 11.6. The van der Waals surface area contributed by atoms with Gasteiger partial charge in [-0.05, 0) is 28.8 Å². The SMILES string of the molecule is NC(=O)CC(N)C(=O)NCCc1ccsc1. The van der Waals surface area contributed by atoms with E-state index in [0.29, 0.717) is 6.54 Å². The van der Waals surface area contributed by atoms with Crippen LogP contribution in [-0.2, 0) is 16.0 Å². The van der Waals surface area contributed by atoms with Crippen molar-refractivity contribution in [2.24, 2.45) is 11.5 Å². The van der Waals surface area contributed by atoms with Gasteiger partial charge in [-0.25, -0.2) is 0 Å². The Morgan fingerprint density at radius 1 is 1.50 bits per heavy atom. The van der Waals surface area contributed by atoms with Crippen molar-refractivity contribution >= 4 is 23.2 Å². The van der Waals surface area contributed by atoms with Crippen LogP contribution >= 0.6 is 11.3 Å². The van der Waals surface area contributed by atoms with Gasteiger partial charge in [0.15, 0.2) is 0 Å². The number of thiophene rings is 1. The molecule has 0 aliphatic rings. The van der Waals surface area contributed by atoms with E-state index in [0.717, 1.165) is 6.42 Å². The Morgan fingerprint density at radius 3 is 2.81 bits per heavy atom. The van der Waals surface area contributed by atoms with E-state index >= 15 is 0 Å². The van der Waals surface area contributed by atoms with E-state index in [1.807, 2.05) is 16.8 Å². The van der Waals surface area contributed by atoms with Gasteiger partial charge in [0.1, 0.15) is 0 Å². The molecule has 0 bridgehead atoms. The Balaban J connectivity index is 2.22. The molecule has 1 rings (SSSR count). The molecule has 0 radical (unpaired) electrons. The minimum absolute atomic E-state index is 0.121. The number of carbonyl (C=O) groups excluding carboxylic acids is 2. The Labute approximate surface area is 97.8 Å². The van der Waals surface area contributed by atoms with Gasteiger partial charge in [-0.1, -0.05) is 0 Å². The molecule has 1 heterocycles. The van der Waals surface area contributed by atoms with E-state index in [1.165, 1.54) is 5.56 Å². The molecule has 0 spiro atoms. The molecular formula is C10H15N3O2S. The number of rotatable bonds is 6. The van der Waals surface area contributed by atoms with E-state index in [4.69, 9.17) is 11.5 Å². The van der Waals surface area contributed by atoms with Crippen LogP contribution in [0.4, 0.5) is 0 Å². The molecule has 0 saturated heterocycles. The maximum absolute atomic E-state index is 11.4. The van der Waals surface area contributed by atoms with Gasteiger partial charge in [-0.2, -0.15) is 11.3 Å². The molecule has 0 aromatic carbocycles. The maximum atomic E-state index is 11.4. The Kier molecular flexibility index (Phi) is 4.94. The molecule has 16 heavy (non-hydrogen) atoms. The van der Waals surface area contributed by atoms with Crippen molar-refractivity contribution in [3.05, 3.63) is 22.4 Å². The van der Waals surface area contributed by atoms with Crippen LogP contribution in [-0.4, -0.2) is 24.4 Å². The molecule has 88 valence electrons. The maximum Gasteiger partial charge on any atom is 0.237 e. The molecule has 2 amide bonds. The second kappa shape index (κ2) is 6.24. The van der Waals surface area contributed by atoms with Gasteiger partial charge >= 0.3 is 0 Å². The zero-order valence-electron chi connectivity index (χ0n) is 8.81. The second-order valence-electron chi connectivity index (χ2n) is 3.45. The summed E-state index contributed by atoms with van der Waals surface area (Å²) in [6.07, 6.45) is 0.642. The minimum atomic E-state index is -0.847. The van der Waals surface area contributed by atoms with Crippen molar-refractivity contribution in [3.63, 3.8) is 0 Å². The number of hydrogen-bond acceptors (Lipinski definition) is 4. The van der Waals surface area contributed by atoms with E-state index in [9.17, 15) is 9.59 Å². The predicted octanol–water partition coefficient (Wildman–Crippen LogP) is -0.391. The third-order valence-electron chi connectivity index (χ3n) is 2.05. The smallest absolute Gasteiger partial charge is 0.237 e. The van der Waals surface area contributed by atoms with Crippen LogP contribution in [0.1, 0.15) is 12.0 Å². The van der Waals surface area contributed by atoms with Gasteiger partial charge in [0.25, 0.3) is 0 Å². The van der Waals surface area contributed by atoms with Gasteiger partial charge in [0.05, 0.1) is 12.5 Å². The fourth-order valence-electron chi connectivity index (χ4n) is 1.21. The summed E-state index contributed by atoms with van der Waals surface area (Å²) >= 11 is 1.61. The average molecular weight is 241 g/mol. The summed E-state index contributed by atoms with van der Waals surface area (Å²) in [7, 11) is 0. The second-order valence-corrected chi connectivity index (χ2v) is 4.23. The van der Waals surface area contributed by atoms with Crippen LogP contribution in [0.2, 0.25) is 0 Å². The first-order valence-electron chi connectivity index (χ1n) is 4.92. The number of primary amides is 1. The van der Waals surface area contributed by atoms with Crippen molar-refractivity contribution in [2.45, 2.75) is 18.9 Å². The molecule has 1 atom stereocenters. The lowest BCUT2D eigenvalue weighted by atomic mass is 10.2. The third-order valence-corrected chi connectivity index (χ3v) is 2.78. The van der Waals surface area contributed by atoms with Crippen LogP contribution < -0.4 is 16.8 Å². The molecule has 0 aliphatic carbocycles. The first kappa shape index (κ1) is 12.7. The fraction of sp³-hybridized carbons (Fsp3) is 0.400. The summed E-state index contributed by atoms with van der Waals surface area (Å²) in [5, 5.41) is 6.66. The number of amides is 2. The van der Waals surface area contributed by atoms with Gasteiger partial charge in [-0.3, -0.25) is 9.59 Å². The molecule has 0 saturated carbocycles.